The molecule has 1 N–H and O–H groups in total. The van der Waals surface area contributed by atoms with Crippen molar-refractivity contribution in [1.82, 2.24) is 0 Å². The molecule has 0 spiro atoms. The van der Waals surface area contributed by atoms with Gasteiger partial charge in [0, 0.05) is 20.3 Å². The van der Waals surface area contributed by atoms with Crippen LogP contribution in [0.5, 0.6) is 0 Å². The smallest absolute Gasteiger partial charge is 0.0470 e. The van der Waals surface area contributed by atoms with Crippen LogP contribution in [0.25, 0.3) is 0 Å². The largest absolute Gasteiger partial charge is 0.396 e. The predicted octanol–water partition coefficient (Wildman–Crippen LogP) is 1.53. The lowest BCUT2D eigenvalue weighted by Crippen LogP contribution is -1.92. The highest BCUT2D eigenvalue weighted by Crippen LogP contribution is 2.05. The fourth-order valence-electron chi connectivity index (χ4n) is 0.723. The molecule has 0 heterocycles. The molecule has 0 aromatic heterocycles. The summed E-state index contributed by atoms with van der Waals surface area (Å²) in [5.41, 5.74) is 0. The summed E-state index contributed by atoms with van der Waals surface area (Å²) in [5, 5.41) is 8.48. The van der Waals surface area contributed by atoms with E-state index in [2.05, 4.69) is 0 Å². The van der Waals surface area contributed by atoms with Crippen molar-refractivity contribution >= 4 is 11.8 Å². The van der Waals surface area contributed by atoms with Gasteiger partial charge in [-0.05, 0) is 30.8 Å². The molecule has 0 rings (SSSR count). The zero-order chi connectivity index (χ0) is 8.36. The summed E-state index contributed by atoms with van der Waals surface area (Å²) >= 11 is 1.94. The van der Waals surface area contributed by atoms with Crippen molar-refractivity contribution in [3.05, 3.63) is 0 Å². The van der Waals surface area contributed by atoms with E-state index in [-0.39, 0.29) is 0 Å². The van der Waals surface area contributed by atoms with Crippen LogP contribution in [0, 0.1) is 0 Å². The standard InChI is InChI=1S/C8H18O2S/c1-10-6-4-8-11-7-3-2-5-9/h9H,2-8H2,1H3. The zero-order valence-electron chi connectivity index (χ0n) is 7.21. The molecule has 0 aliphatic heterocycles. The number of ether oxygens (including phenoxy) is 1. The Morgan fingerprint density at radius 3 is 2.55 bits per heavy atom. The lowest BCUT2D eigenvalue weighted by molar-refractivity contribution is 0.200. The second kappa shape index (κ2) is 10.3. The van der Waals surface area contributed by atoms with Crippen molar-refractivity contribution in [1.29, 1.82) is 0 Å². The van der Waals surface area contributed by atoms with Gasteiger partial charge < -0.3 is 9.84 Å². The molecule has 0 unspecified atom stereocenters. The Hall–Kier alpha value is 0.270. The Labute approximate surface area is 73.3 Å². The fraction of sp³-hybridized carbons (Fsp3) is 1.00. The van der Waals surface area contributed by atoms with Gasteiger partial charge in [0.15, 0.2) is 0 Å². The molecule has 3 heteroatoms. The summed E-state index contributed by atoms with van der Waals surface area (Å²) in [6.07, 6.45) is 3.21. The van der Waals surface area contributed by atoms with Crippen molar-refractivity contribution in [2.75, 3.05) is 31.8 Å². The van der Waals surface area contributed by atoms with Crippen LogP contribution in [0.1, 0.15) is 19.3 Å². The molecule has 0 radical (unpaired) electrons. The Bertz CT molecular complexity index is 61.1. The van der Waals surface area contributed by atoms with Gasteiger partial charge in [-0.15, -0.1) is 0 Å². The lowest BCUT2D eigenvalue weighted by atomic mass is 10.4. The van der Waals surface area contributed by atoms with Crippen LogP contribution in [0.2, 0.25) is 0 Å². The highest BCUT2D eigenvalue weighted by Gasteiger charge is 1.89. The van der Waals surface area contributed by atoms with Gasteiger partial charge in [-0.1, -0.05) is 0 Å². The van der Waals surface area contributed by atoms with Crippen molar-refractivity contribution in [2.45, 2.75) is 19.3 Å². The third-order valence-corrected chi connectivity index (χ3v) is 2.49. The molecule has 0 bridgehead atoms. The first-order valence-corrected chi connectivity index (χ1v) is 5.25. The van der Waals surface area contributed by atoms with E-state index in [1.807, 2.05) is 11.8 Å². The number of hydrogen-bond acceptors (Lipinski definition) is 3. The minimum absolute atomic E-state index is 0.332. The average molecular weight is 178 g/mol. The summed E-state index contributed by atoms with van der Waals surface area (Å²) in [6, 6.07) is 0. The number of aliphatic hydroxyl groups excluding tert-OH is 1. The molecule has 0 saturated carbocycles. The van der Waals surface area contributed by atoms with E-state index in [4.69, 9.17) is 9.84 Å². The summed E-state index contributed by atoms with van der Waals surface area (Å²) in [5.74, 6) is 2.35. The van der Waals surface area contributed by atoms with E-state index in [1.165, 1.54) is 11.5 Å². The molecule has 0 aromatic carbocycles. The molecule has 2 nitrogen and oxygen atoms in total. The number of aliphatic hydroxyl groups is 1. The van der Waals surface area contributed by atoms with Gasteiger partial charge in [-0.25, -0.2) is 0 Å². The number of rotatable bonds is 8. The van der Waals surface area contributed by atoms with Crippen LogP contribution in [0.15, 0.2) is 0 Å². The summed E-state index contributed by atoms with van der Waals surface area (Å²) in [7, 11) is 1.73. The van der Waals surface area contributed by atoms with E-state index in [0.29, 0.717) is 6.61 Å². The first kappa shape index (κ1) is 11.3. The number of hydrogen-bond donors (Lipinski definition) is 1. The van der Waals surface area contributed by atoms with Gasteiger partial charge in [0.05, 0.1) is 0 Å². The Morgan fingerprint density at radius 2 is 1.91 bits per heavy atom. The number of methoxy groups -OCH3 is 1. The fourth-order valence-corrected chi connectivity index (χ4v) is 1.66. The van der Waals surface area contributed by atoms with Crippen molar-refractivity contribution < 1.29 is 9.84 Å². The second-order valence-corrected chi connectivity index (χ2v) is 3.61. The third kappa shape index (κ3) is 10.3. The van der Waals surface area contributed by atoms with Crippen LogP contribution >= 0.6 is 11.8 Å². The maximum absolute atomic E-state index is 8.48. The summed E-state index contributed by atoms with van der Waals surface area (Å²) in [4.78, 5) is 0. The first-order chi connectivity index (χ1) is 5.41. The maximum Gasteiger partial charge on any atom is 0.0470 e. The monoisotopic (exact) mass is 178 g/mol. The normalized spacial score (nSPS) is 10.4. The quantitative estimate of drug-likeness (QED) is 0.572. The summed E-state index contributed by atoms with van der Waals surface area (Å²) < 4.78 is 4.92. The molecule has 0 fully saturated rings. The van der Waals surface area contributed by atoms with E-state index < -0.39 is 0 Å². The van der Waals surface area contributed by atoms with Gasteiger partial charge in [0.2, 0.25) is 0 Å². The molecular weight excluding hydrogens is 160 g/mol. The molecule has 11 heavy (non-hydrogen) atoms. The summed E-state index contributed by atoms with van der Waals surface area (Å²) in [6.45, 7) is 1.20. The average Bonchev–Trinajstić information content (AvgIpc) is 2.03. The highest BCUT2D eigenvalue weighted by molar-refractivity contribution is 7.99. The molecule has 68 valence electrons. The van der Waals surface area contributed by atoms with E-state index in [1.54, 1.807) is 7.11 Å². The van der Waals surface area contributed by atoms with Gasteiger partial charge in [-0.3, -0.25) is 0 Å². The van der Waals surface area contributed by atoms with Crippen molar-refractivity contribution in [2.24, 2.45) is 0 Å². The van der Waals surface area contributed by atoms with Crippen molar-refractivity contribution in [3.8, 4) is 0 Å². The zero-order valence-corrected chi connectivity index (χ0v) is 8.03. The van der Waals surface area contributed by atoms with Gasteiger partial charge in [0.1, 0.15) is 0 Å². The third-order valence-electron chi connectivity index (χ3n) is 1.33. The molecule has 0 saturated heterocycles. The van der Waals surface area contributed by atoms with E-state index >= 15 is 0 Å². The van der Waals surface area contributed by atoms with Gasteiger partial charge in [-0.2, -0.15) is 11.8 Å². The van der Waals surface area contributed by atoms with E-state index in [0.717, 1.165) is 25.9 Å². The molecule has 0 aliphatic rings. The minimum Gasteiger partial charge on any atom is -0.396 e. The molecule has 0 aromatic rings. The van der Waals surface area contributed by atoms with Crippen molar-refractivity contribution in [3.63, 3.8) is 0 Å². The molecule has 0 aliphatic carbocycles. The number of thioether (sulfide) groups is 1. The predicted molar refractivity (Wildman–Crippen MR) is 50.1 cm³/mol. The van der Waals surface area contributed by atoms with Gasteiger partial charge in [0.25, 0.3) is 0 Å². The number of unbranched alkanes of at least 4 members (excludes halogenated alkanes) is 1. The molecule has 0 amide bonds. The first-order valence-electron chi connectivity index (χ1n) is 4.09. The lowest BCUT2D eigenvalue weighted by Gasteiger charge is -1.99. The minimum atomic E-state index is 0.332. The molecule has 0 atom stereocenters. The van der Waals surface area contributed by atoms with Crippen LogP contribution < -0.4 is 0 Å². The Balaban J connectivity index is 2.69. The second-order valence-electron chi connectivity index (χ2n) is 2.39. The highest BCUT2D eigenvalue weighted by atomic mass is 32.2. The van der Waals surface area contributed by atoms with E-state index in [9.17, 15) is 0 Å². The van der Waals surface area contributed by atoms with Crippen LogP contribution in [-0.2, 0) is 4.74 Å². The van der Waals surface area contributed by atoms with Gasteiger partial charge >= 0.3 is 0 Å². The Kier molecular flexibility index (Phi) is 10.5. The maximum atomic E-state index is 8.48. The van der Waals surface area contributed by atoms with Crippen LogP contribution in [0.4, 0.5) is 0 Å². The Morgan fingerprint density at radius 1 is 1.18 bits per heavy atom. The van der Waals surface area contributed by atoms with Crippen LogP contribution in [-0.4, -0.2) is 36.9 Å². The van der Waals surface area contributed by atoms with Crippen LogP contribution in [0.3, 0.4) is 0 Å². The molecular formula is C8H18O2S. The SMILES string of the molecule is COCCCSCCCCO. The topological polar surface area (TPSA) is 29.5 Å².